The summed E-state index contributed by atoms with van der Waals surface area (Å²) in [5.74, 6) is -1.61. The third kappa shape index (κ3) is 9.62. The van der Waals surface area contributed by atoms with Gasteiger partial charge in [0.05, 0.1) is 11.1 Å². The third-order valence-electron chi connectivity index (χ3n) is 7.46. The molecule has 0 saturated heterocycles. The molecule has 2 atom stereocenters. The molecule has 0 N–H and O–H groups in total. The largest absolute Gasteiger partial charge is 0.450 e. The van der Waals surface area contributed by atoms with Gasteiger partial charge in [0.25, 0.3) is 0 Å². The lowest BCUT2D eigenvalue weighted by Gasteiger charge is -2.27. The molecule has 0 radical (unpaired) electrons. The van der Waals surface area contributed by atoms with E-state index in [-0.39, 0.29) is 5.56 Å². The van der Waals surface area contributed by atoms with Gasteiger partial charge in [0, 0.05) is 13.0 Å². The van der Waals surface area contributed by atoms with Crippen molar-refractivity contribution in [2.75, 3.05) is 0 Å². The van der Waals surface area contributed by atoms with Crippen molar-refractivity contribution in [3.63, 3.8) is 0 Å². The van der Waals surface area contributed by atoms with Crippen LogP contribution in [0.1, 0.15) is 69.0 Å². The first-order valence-electron chi connectivity index (χ1n) is 15.7. The smallest absolute Gasteiger partial charge is 0.343 e. The summed E-state index contributed by atoms with van der Waals surface area (Å²) >= 11 is 0. The fourth-order valence-corrected chi connectivity index (χ4v) is 4.92. The van der Waals surface area contributed by atoms with Crippen molar-refractivity contribution in [3.05, 3.63) is 173 Å². The van der Waals surface area contributed by atoms with Crippen LogP contribution in [-0.4, -0.2) is 23.9 Å². The second kappa shape index (κ2) is 16.5. The molecule has 0 aliphatic heterocycles. The molecular formula is C41H34O8. The molecule has 246 valence electrons. The van der Waals surface area contributed by atoms with E-state index in [0.717, 1.165) is 12.0 Å². The Morgan fingerprint density at radius 3 is 1.61 bits per heavy atom. The second-order valence-corrected chi connectivity index (χ2v) is 11.0. The van der Waals surface area contributed by atoms with Crippen molar-refractivity contribution in [1.82, 2.24) is 0 Å². The number of rotatable bonds is 12. The molecule has 0 unspecified atom stereocenters. The van der Waals surface area contributed by atoms with Crippen molar-refractivity contribution in [1.29, 1.82) is 0 Å². The van der Waals surface area contributed by atoms with Gasteiger partial charge in [-0.3, -0.25) is 4.79 Å². The van der Waals surface area contributed by atoms with E-state index < -0.39 is 36.1 Å². The normalized spacial score (nSPS) is 12.0. The lowest BCUT2D eigenvalue weighted by Crippen LogP contribution is -2.23. The highest BCUT2D eigenvalue weighted by molar-refractivity contribution is 5.91. The van der Waals surface area contributed by atoms with E-state index >= 15 is 0 Å². The van der Waals surface area contributed by atoms with Crippen LogP contribution in [0.15, 0.2) is 140 Å². The van der Waals surface area contributed by atoms with Crippen molar-refractivity contribution in [2.24, 2.45) is 0 Å². The van der Waals surface area contributed by atoms with E-state index in [1.807, 2.05) is 31.2 Å². The Balaban J connectivity index is 1.31. The first-order chi connectivity index (χ1) is 23.8. The number of carbonyl (C=O) groups is 4. The van der Waals surface area contributed by atoms with Crippen LogP contribution in [0.25, 0.3) is 6.08 Å². The highest BCUT2D eigenvalue weighted by Crippen LogP contribution is 2.36. The quantitative estimate of drug-likeness (QED) is 0.0752. The highest BCUT2D eigenvalue weighted by Gasteiger charge is 2.32. The van der Waals surface area contributed by atoms with Crippen LogP contribution >= 0.6 is 0 Å². The standard InChI is InChI=1S/C41H34O8/c1-3-29-14-19-33(20-15-29)40(44)47-36-23-16-30(17-24-36)18-27-37(43)48-38(31-10-6-4-7-11-31)39(32-12-8-5-9-13-32)49-41(45)34-21-25-35(26-22-34)46-28(2)42/h4-27,38-39H,3H2,1-2H3/t38-,39-/m1/s1. The van der Waals surface area contributed by atoms with Crippen LogP contribution in [-0.2, 0) is 25.5 Å². The predicted octanol–water partition coefficient (Wildman–Crippen LogP) is 8.29. The van der Waals surface area contributed by atoms with Gasteiger partial charge in [-0.25, -0.2) is 14.4 Å². The first kappa shape index (κ1) is 34.1. The number of ether oxygens (including phenoxy) is 4. The Morgan fingerprint density at radius 1 is 0.571 bits per heavy atom. The van der Waals surface area contributed by atoms with Crippen molar-refractivity contribution in [3.8, 4) is 11.5 Å². The third-order valence-corrected chi connectivity index (χ3v) is 7.46. The van der Waals surface area contributed by atoms with Gasteiger partial charge in [-0.15, -0.1) is 0 Å². The minimum absolute atomic E-state index is 0.221. The molecule has 0 heterocycles. The maximum atomic E-state index is 13.4. The lowest BCUT2D eigenvalue weighted by molar-refractivity contribution is -0.150. The van der Waals surface area contributed by atoms with Crippen LogP contribution in [0.4, 0.5) is 0 Å². The average Bonchev–Trinajstić information content (AvgIpc) is 3.13. The van der Waals surface area contributed by atoms with Gasteiger partial charge in [-0.1, -0.05) is 91.9 Å². The molecule has 0 aromatic heterocycles. The molecule has 8 nitrogen and oxygen atoms in total. The summed E-state index contributed by atoms with van der Waals surface area (Å²) in [4.78, 5) is 50.5. The molecule has 0 saturated carbocycles. The molecule has 0 amide bonds. The van der Waals surface area contributed by atoms with Gasteiger partial charge in [0.2, 0.25) is 0 Å². The van der Waals surface area contributed by atoms with Gasteiger partial charge in [-0.2, -0.15) is 0 Å². The number of hydrogen-bond acceptors (Lipinski definition) is 8. The van der Waals surface area contributed by atoms with Gasteiger partial charge >= 0.3 is 23.9 Å². The predicted molar refractivity (Wildman–Crippen MR) is 184 cm³/mol. The highest BCUT2D eigenvalue weighted by atomic mass is 16.6. The molecule has 49 heavy (non-hydrogen) atoms. The van der Waals surface area contributed by atoms with E-state index in [1.165, 1.54) is 37.3 Å². The van der Waals surface area contributed by atoms with Crippen LogP contribution in [0.5, 0.6) is 11.5 Å². The Labute approximate surface area is 284 Å². The number of carbonyl (C=O) groups excluding carboxylic acids is 4. The average molecular weight is 655 g/mol. The monoisotopic (exact) mass is 654 g/mol. The maximum absolute atomic E-state index is 13.4. The molecule has 5 aromatic carbocycles. The summed E-state index contributed by atoms with van der Waals surface area (Å²) in [5.41, 5.74) is 3.70. The molecule has 0 aliphatic rings. The van der Waals surface area contributed by atoms with Gasteiger partial charge in [0.15, 0.2) is 12.2 Å². The number of benzene rings is 5. The SMILES string of the molecule is CCc1ccc(C(=O)Oc2ccc(C=CC(=O)O[C@H](c3ccccc3)[C@H](OC(=O)c3ccc(OC(C)=O)cc3)c3ccccc3)cc2)cc1. The molecular weight excluding hydrogens is 620 g/mol. The van der Waals surface area contributed by atoms with Crippen LogP contribution in [0.3, 0.4) is 0 Å². The minimum atomic E-state index is -1.01. The van der Waals surface area contributed by atoms with E-state index in [2.05, 4.69) is 0 Å². The summed E-state index contributed by atoms with van der Waals surface area (Å²) in [6, 6.07) is 38.0. The molecule has 5 aromatic rings. The molecule has 5 rings (SSSR count). The lowest BCUT2D eigenvalue weighted by atomic mass is 9.97. The Hall–Kier alpha value is -6.28. The maximum Gasteiger partial charge on any atom is 0.343 e. The Kier molecular flexibility index (Phi) is 11.5. The summed E-state index contributed by atoms with van der Waals surface area (Å²) in [7, 11) is 0. The molecule has 0 aliphatic carbocycles. The van der Waals surface area contributed by atoms with Gasteiger partial charge in [-0.05, 0) is 83.3 Å². The number of hydrogen-bond donors (Lipinski definition) is 0. The minimum Gasteiger partial charge on any atom is -0.450 e. The zero-order valence-corrected chi connectivity index (χ0v) is 27.0. The van der Waals surface area contributed by atoms with E-state index in [1.54, 1.807) is 91.0 Å². The van der Waals surface area contributed by atoms with E-state index in [9.17, 15) is 19.2 Å². The van der Waals surface area contributed by atoms with Crippen LogP contribution in [0, 0.1) is 0 Å². The summed E-state index contributed by atoms with van der Waals surface area (Å²) in [6.07, 6.45) is 1.73. The zero-order valence-electron chi connectivity index (χ0n) is 27.0. The van der Waals surface area contributed by atoms with E-state index in [4.69, 9.17) is 18.9 Å². The number of esters is 4. The fraction of sp³-hybridized carbons (Fsp3) is 0.122. The second-order valence-electron chi connectivity index (χ2n) is 11.0. The van der Waals surface area contributed by atoms with E-state index in [0.29, 0.717) is 33.8 Å². The van der Waals surface area contributed by atoms with Gasteiger partial charge < -0.3 is 18.9 Å². The molecule has 0 bridgehead atoms. The molecule has 8 heteroatoms. The first-order valence-corrected chi connectivity index (χ1v) is 15.7. The Morgan fingerprint density at radius 2 is 1.06 bits per heavy atom. The van der Waals surface area contributed by atoms with Crippen LogP contribution < -0.4 is 9.47 Å². The Bertz CT molecular complexity index is 1900. The topological polar surface area (TPSA) is 105 Å². The van der Waals surface area contributed by atoms with Crippen molar-refractivity contribution < 1.29 is 38.1 Å². The molecule has 0 fully saturated rings. The summed E-state index contributed by atoms with van der Waals surface area (Å²) in [6.45, 7) is 3.33. The van der Waals surface area contributed by atoms with Gasteiger partial charge in [0.1, 0.15) is 11.5 Å². The zero-order chi connectivity index (χ0) is 34.6. The van der Waals surface area contributed by atoms with Crippen molar-refractivity contribution in [2.45, 2.75) is 32.5 Å². The van der Waals surface area contributed by atoms with Crippen LogP contribution in [0.2, 0.25) is 0 Å². The number of aryl methyl sites for hydroxylation is 1. The molecule has 0 spiro atoms. The summed E-state index contributed by atoms with van der Waals surface area (Å²) < 4.78 is 22.6. The van der Waals surface area contributed by atoms with Crippen molar-refractivity contribution >= 4 is 30.0 Å². The fourth-order valence-electron chi connectivity index (χ4n) is 4.92. The summed E-state index contributed by atoms with van der Waals surface area (Å²) in [5, 5.41) is 0.